The summed E-state index contributed by atoms with van der Waals surface area (Å²) in [4.78, 5) is 11.0. The van der Waals surface area contributed by atoms with Crippen LogP contribution in [0, 0.1) is 18.3 Å². The summed E-state index contributed by atoms with van der Waals surface area (Å²) in [5, 5.41) is 17.7. The van der Waals surface area contributed by atoms with Crippen molar-refractivity contribution in [3.8, 4) is 6.07 Å². The fourth-order valence-corrected chi connectivity index (χ4v) is 4.07. The van der Waals surface area contributed by atoms with E-state index in [9.17, 15) is 13.2 Å². The molecule has 0 amide bonds. The molecule has 0 aromatic heterocycles. The first-order chi connectivity index (χ1) is 9.62. The lowest BCUT2D eigenvalue weighted by Gasteiger charge is -2.23. The minimum atomic E-state index is -3.90. The third-order valence-electron chi connectivity index (χ3n) is 3.13. The summed E-state index contributed by atoms with van der Waals surface area (Å²) in [5.41, 5.74) is 0.408. The van der Waals surface area contributed by atoms with Crippen molar-refractivity contribution in [2.24, 2.45) is 0 Å². The summed E-state index contributed by atoms with van der Waals surface area (Å²) in [6, 6.07) is 3.91. The van der Waals surface area contributed by atoms with Gasteiger partial charge in [0, 0.05) is 17.6 Å². The number of carboxylic acid groups (broad SMARTS) is 1. The van der Waals surface area contributed by atoms with E-state index in [4.69, 9.17) is 10.4 Å². The van der Waals surface area contributed by atoms with Gasteiger partial charge in [0.2, 0.25) is 10.0 Å². The third-order valence-corrected chi connectivity index (χ3v) is 6.44. The van der Waals surface area contributed by atoms with Crippen LogP contribution in [0.25, 0.3) is 0 Å². The Kier molecular flexibility index (Phi) is 5.50. The van der Waals surface area contributed by atoms with Crippen molar-refractivity contribution < 1.29 is 18.3 Å². The van der Waals surface area contributed by atoms with E-state index in [1.54, 1.807) is 13.8 Å². The van der Waals surface area contributed by atoms with E-state index >= 15 is 0 Å². The zero-order chi connectivity index (χ0) is 16.4. The highest BCUT2D eigenvalue weighted by molar-refractivity contribution is 9.10. The number of hydrogen-bond acceptors (Lipinski definition) is 4. The molecule has 1 unspecified atom stereocenters. The van der Waals surface area contributed by atoms with Crippen LogP contribution in [0.3, 0.4) is 0 Å². The molecule has 0 heterocycles. The third kappa shape index (κ3) is 3.61. The number of hydrogen-bond donors (Lipinski definition) is 1. The summed E-state index contributed by atoms with van der Waals surface area (Å²) < 4.78 is 26.6. The summed E-state index contributed by atoms with van der Waals surface area (Å²) in [6.07, 6.45) is 0.0466. The maximum Gasteiger partial charge on any atom is 0.335 e. The normalized spacial score (nSPS) is 13.0. The number of carbonyl (C=O) groups is 1. The molecule has 1 N–H and O–H groups in total. The molecule has 0 fully saturated rings. The highest BCUT2D eigenvalue weighted by Crippen LogP contribution is 2.30. The number of nitrogens with zero attached hydrogens (tertiary/aromatic N) is 2. The Morgan fingerprint density at radius 1 is 1.52 bits per heavy atom. The molecule has 0 aliphatic rings. The van der Waals surface area contributed by atoms with Gasteiger partial charge in [-0.05, 0) is 47.5 Å². The Hall–Kier alpha value is -1.43. The molecule has 1 aromatic rings. The Morgan fingerprint density at radius 3 is 2.57 bits per heavy atom. The van der Waals surface area contributed by atoms with Crippen molar-refractivity contribution in [3.63, 3.8) is 0 Å². The molecule has 0 aliphatic heterocycles. The molecule has 6 nitrogen and oxygen atoms in total. The molecular formula is C13H15BrN2O4S. The lowest BCUT2D eigenvalue weighted by atomic mass is 10.1. The second-order valence-electron chi connectivity index (χ2n) is 4.64. The molecule has 0 bridgehead atoms. The van der Waals surface area contributed by atoms with Gasteiger partial charge < -0.3 is 5.11 Å². The van der Waals surface area contributed by atoms with E-state index in [0.29, 0.717) is 10.0 Å². The quantitative estimate of drug-likeness (QED) is 0.852. The summed E-state index contributed by atoms with van der Waals surface area (Å²) >= 11 is 3.19. The van der Waals surface area contributed by atoms with Crippen LogP contribution in [0.15, 0.2) is 21.5 Å². The molecule has 8 heteroatoms. The van der Waals surface area contributed by atoms with Crippen molar-refractivity contribution >= 4 is 31.9 Å². The monoisotopic (exact) mass is 374 g/mol. The lowest BCUT2D eigenvalue weighted by molar-refractivity contribution is 0.0696. The molecule has 1 rings (SSSR count). The first-order valence-electron chi connectivity index (χ1n) is 6.01. The summed E-state index contributed by atoms with van der Waals surface area (Å²) in [5.74, 6) is -1.20. The van der Waals surface area contributed by atoms with Crippen molar-refractivity contribution in [1.82, 2.24) is 4.31 Å². The minimum absolute atomic E-state index is 0.0466. The van der Waals surface area contributed by atoms with Crippen LogP contribution in [-0.4, -0.2) is 36.9 Å². The van der Waals surface area contributed by atoms with Crippen LogP contribution in [0.2, 0.25) is 0 Å². The molecule has 1 atom stereocenters. The van der Waals surface area contributed by atoms with E-state index in [-0.39, 0.29) is 16.9 Å². The van der Waals surface area contributed by atoms with Crippen LogP contribution < -0.4 is 0 Å². The van der Waals surface area contributed by atoms with Gasteiger partial charge in [0.1, 0.15) is 0 Å². The zero-order valence-electron chi connectivity index (χ0n) is 11.8. The number of rotatable bonds is 5. The molecule has 0 spiro atoms. The van der Waals surface area contributed by atoms with Crippen LogP contribution in [-0.2, 0) is 10.0 Å². The number of aromatic carboxylic acids is 1. The predicted octanol–water partition coefficient (Wildman–Crippen LogP) is 2.38. The first-order valence-corrected chi connectivity index (χ1v) is 8.24. The highest BCUT2D eigenvalue weighted by Gasteiger charge is 2.29. The molecule has 0 aliphatic carbocycles. The second kappa shape index (κ2) is 6.56. The SMILES string of the molecule is Cc1cc(C(=O)O)cc(S(=O)(=O)N(C)C(C)CC#N)c1Br. The largest absolute Gasteiger partial charge is 0.478 e. The maximum atomic E-state index is 12.6. The van der Waals surface area contributed by atoms with Crippen LogP contribution in [0.1, 0.15) is 29.3 Å². The summed E-state index contributed by atoms with van der Waals surface area (Å²) in [6.45, 7) is 3.23. The van der Waals surface area contributed by atoms with Gasteiger partial charge >= 0.3 is 5.97 Å². The van der Waals surface area contributed by atoms with E-state index in [1.165, 1.54) is 13.1 Å². The molecule has 0 saturated carbocycles. The first kappa shape index (κ1) is 17.6. The van der Waals surface area contributed by atoms with Gasteiger partial charge in [-0.1, -0.05) is 0 Å². The van der Waals surface area contributed by atoms with Gasteiger partial charge in [0.15, 0.2) is 0 Å². The Labute approximate surface area is 132 Å². The van der Waals surface area contributed by atoms with Crippen LogP contribution >= 0.6 is 15.9 Å². The standard InChI is InChI=1S/C13H15BrN2O4S/c1-8-6-10(13(17)18)7-11(12(8)14)21(19,20)16(3)9(2)4-5-15/h6-7,9H,4H2,1-3H3,(H,17,18). The topological polar surface area (TPSA) is 98.5 Å². The van der Waals surface area contributed by atoms with E-state index < -0.39 is 22.0 Å². The predicted molar refractivity (Wildman–Crippen MR) is 80.5 cm³/mol. The highest BCUT2D eigenvalue weighted by atomic mass is 79.9. The Morgan fingerprint density at radius 2 is 2.10 bits per heavy atom. The van der Waals surface area contributed by atoms with Gasteiger partial charge in [-0.2, -0.15) is 9.57 Å². The fourth-order valence-electron chi connectivity index (χ4n) is 1.70. The molecular weight excluding hydrogens is 360 g/mol. The van der Waals surface area contributed by atoms with E-state index in [1.807, 2.05) is 6.07 Å². The number of nitriles is 1. The lowest BCUT2D eigenvalue weighted by Crippen LogP contribution is -2.35. The smallest absolute Gasteiger partial charge is 0.335 e. The molecule has 21 heavy (non-hydrogen) atoms. The number of sulfonamides is 1. The van der Waals surface area contributed by atoms with Gasteiger partial charge in [-0.3, -0.25) is 0 Å². The van der Waals surface area contributed by atoms with Gasteiger partial charge in [0.05, 0.1) is 22.9 Å². The van der Waals surface area contributed by atoms with Crippen molar-refractivity contribution in [2.45, 2.75) is 31.2 Å². The molecule has 0 radical (unpaired) electrons. The van der Waals surface area contributed by atoms with Crippen molar-refractivity contribution in [1.29, 1.82) is 5.26 Å². The summed E-state index contributed by atoms with van der Waals surface area (Å²) in [7, 11) is -2.53. The molecule has 1 aromatic carbocycles. The second-order valence-corrected chi connectivity index (χ2v) is 7.40. The van der Waals surface area contributed by atoms with Crippen molar-refractivity contribution in [2.75, 3.05) is 7.05 Å². The average Bonchev–Trinajstić information content (AvgIpc) is 2.40. The van der Waals surface area contributed by atoms with E-state index in [0.717, 1.165) is 10.4 Å². The average molecular weight is 375 g/mol. The number of carboxylic acids is 1. The molecule has 0 saturated heterocycles. The number of benzene rings is 1. The maximum absolute atomic E-state index is 12.6. The minimum Gasteiger partial charge on any atom is -0.478 e. The van der Waals surface area contributed by atoms with Crippen LogP contribution in [0.5, 0.6) is 0 Å². The van der Waals surface area contributed by atoms with Gasteiger partial charge in [-0.15, -0.1) is 0 Å². The zero-order valence-corrected chi connectivity index (χ0v) is 14.2. The number of aryl methyl sites for hydroxylation is 1. The molecule has 114 valence electrons. The van der Waals surface area contributed by atoms with Crippen LogP contribution in [0.4, 0.5) is 0 Å². The Bertz CT molecular complexity index is 710. The van der Waals surface area contributed by atoms with E-state index in [2.05, 4.69) is 15.9 Å². The fraction of sp³-hybridized carbons (Fsp3) is 0.385. The van der Waals surface area contributed by atoms with Gasteiger partial charge in [-0.25, -0.2) is 13.2 Å². The Balaban J connectivity index is 3.45. The van der Waals surface area contributed by atoms with Crippen molar-refractivity contribution in [3.05, 3.63) is 27.7 Å². The number of halogens is 1. The van der Waals surface area contributed by atoms with Gasteiger partial charge in [0.25, 0.3) is 0 Å².